The van der Waals surface area contributed by atoms with Crippen LogP contribution in [0.3, 0.4) is 0 Å². The normalized spacial score (nSPS) is 18.4. The fourth-order valence-electron chi connectivity index (χ4n) is 3.74. The van der Waals surface area contributed by atoms with E-state index >= 15 is 0 Å². The van der Waals surface area contributed by atoms with Crippen LogP contribution in [0.1, 0.15) is 37.2 Å². The average Bonchev–Trinajstić information content (AvgIpc) is 3.15. The van der Waals surface area contributed by atoms with Crippen molar-refractivity contribution in [2.45, 2.75) is 31.6 Å². The Morgan fingerprint density at radius 3 is 2.50 bits per heavy atom. The molecular weight excluding hydrogens is 361 g/mol. The fraction of sp³-hybridized carbons (Fsp3) is 0.400. The number of nitrogens with zero attached hydrogens (tertiary/aromatic N) is 5. The highest BCUT2D eigenvalue weighted by atomic mass is 19.1. The lowest BCUT2D eigenvalue weighted by atomic mass is 9.91. The third-order valence-electron chi connectivity index (χ3n) is 5.33. The van der Waals surface area contributed by atoms with Crippen LogP contribution in [0.15, 0.2) is 41.8 Å². The number of carbonyl (C=O) groups excluding carboxylic acids is 2. The topological polar surface area (TPSA) is 70.8 Å². The van der Waals surface area contributed by atoms with Crippen molar-refractivity contribution in [2.75, 3.05) is 18.1 Å². The van der Waals surface area contributed by atoms with Gasteiger partial charge in [-0.2, -0.15) is 10.2 Å². The average molecular weight is 383 g/mol. The van der Waals surface area contributed by atoms with Gasteiger partial charge in [-0.25, -0.2) is 9.40 Å². The first-order chi connectivity index (χ1) is 13.5. The molecular formula is C20H22FN5O2. The molecule has 0 spiro atoms. The van der Waals surface area contributed by atoms with Crippen molar-refractivity contribution in [3.8, 4) is 0 Å². The predicted octanol–water partition coefficient (Wildman–Crippen LogP) is 2.45. The zero-order chi connectivity index (χ0) is 19.7. The molecule has 2 aliphatic rings. The summed E-state index contributed by atoms with van der Waals surface area (Å²) in [6, 6.07) is 5.53. The lowest BCUT2D eigenvalue weighted by Gasteiger charge is -2.33. The van der Waals surface area contributed by atoms with Crippen LogP contribution in [0.5, 0.6) is 0 Å². The lowest BCUT2D eigenvalue weighted by Crippen LogP contribution is -2.44. The van der Waals surface area contributed by atoms with Crippen LogP contribution < -0.4 is 5.01 Å². The Kier molecular flexibility index (Phi) is 4.93. The van der Waals surface area contributed by atoms with Gasteiger partial charge in [0.15, 0.2) is 0 Å². The van der Waals surface area contributed by atoms with Crippen LogP contribution in [-0.4, -0.2) is 45.3 Å². The van der Waals surface area contributed by atoms with Gasteiger partial charge in [0.1, 0.15) is 11.5 Å². The molecule has 0 bridgehead atoms. The number of carbonyl (C=O) groups is 2. The van der Waals surface area contributed by atoms with Gasteiger partial charge >= 0.3 is 0 Å². The molecule has 7 nitrogen and oxygen atoms in total. The highest BCUT2D eigenvalue weighted by molar-refractivity contribution is 6.40. The number of benzene rings is 1. The van der Waals surface area contributed by atoms with Gasteiger partial charge in [-0.3, -0.25) is 14.3 Å². The molecule has 2 aliphatic heterocycles. The molecule has 0 unspecified atom stereocenters. The van der Waals surface area contributed by atoms with E-state index in [-0.39, 0.29) is 24.1 Å². The first-order valence-corrected chi connectivity index (χ1v) is 9.45. The van der Waals surface area contributed by atoms with Crippen molar-refractivity contribution in [3.05, 3.63) is 48.0 Å². The maximum Gasteiger partial charge on any atom is 0.270 e. The number of aryl methyl sites for hydroxylation is 1. The summed E-state index contributed by atoms with van der Waals surface area (Å²) < 4.78 is 14.9. The molecule has 2 amide bonds. The van der Waals surface area contributed by atoms with Gasteiger partial charge in [0.25, 0.3) is 5.91 Å². The molecule has 1 fully saturated rings. The van der Waals surface area contributed by atoms with Crippen LogP contribution in [0, 0.1) is 5.82 Å². The van der Waals surface area contributed by atoms with E-state index in [2.05, 4.69) is 10.2 Å². The van der Waals surface area contributed by atoms with Gasteiger partial charge in [-0.15, -0.1) is 0 Å². The molecule has 28 heavy (non-hydrogen) atoms. The minimum atomic E-state index is -0.384. The molecule has 2 aromatic rings. The zero-order valence-electron chi connectivity index (χ0n) is 15.7. The number of aromatic nitrogens is 2. The number of rotatable bonds is 3. The molecule has 0 aliphatic carbocycles. The summed E-state index contributed by atoms with van der Waals surface area (Å²) in [5, 5.41) is 9.72. The van der Waals surface area contributed by atoms with Gasteiger partial charge in [0.05, 0.1) is 11.9 Å². The van der Waals surface area contributed by atoms with Crippen molar-refractivity contribution in [1.82, 2.24) is 14.7 Å². The van der Waals surface area contributed by atoms with Crippen molar-refractivity contribution in [2.24, 2.45) is 12.1 Å². The molecule has 3 heterocycles. The van der Waals surface area contributed by atoms with Gasteiger partial charge in [-0.05, 0) is 48.6 Å². The molecule has 4 rings (SSSR count). The summed E-state index contributed by atoms with van der Waals surface area (Å²) in [6.07, 6.45) is 6.22. The SMILES string of the molecule is Cn1cc(C2CCN(C(=O)C3=NN(c4ccc(F)cc4)C(=O)CC3)CC2)cn1. The van der Waals surface area contributed by atoms with Gasteiger partial charge < -0.3 is 4.90 Å². The number of hydrogen-bond donors (Lipinski definition) is 0. The summed E-state index contributed by atoms with van der Waals surface area (Å²) in [7, 11) is 1.90. The number of halogens is 1. The molecule has 8 heteroatoms. The van der Waals surface area contributed by atoms with E-state index in [0.29, 0.717) is 36.8 Å². The highest BCUT2D eigenvalue weighted by Gasteiger charge is 2.31. The summed E-state index contributed by atoms with van der Waals surface area (Å²) in [5.41, 5.74) is 2.05. The third kappa shape index (κ3) is 3.67. The van der Waals surface area contributed by atoms with Gasteiger partial charge in [-0.1, -0.05) is 0 Å². The first-order valence-electron chi connectivity index (χ1n) is 9.45. The molecule has 146 valence electrons. The molecule has 1 aromatic carbocycles. The van der Waals surface area contributed by atoms with Crippen molar-refractivity contribution in [1.29, 1.82) is 0 Å². The fourth-order valence-corrected chi connectivity index (χ4v) is 3.74. The minimum Gasteiger partial charge on any atom is -0.338 e. The van der Waals surface area contributed by atoms with E-state index in [0.717, 1.165) is 12.8 Å². The summed E-state index contributed by atoms with van der Waals surface area (Å²) >= 11 is 0. The van der Waals surface area contributed by atoms with Gasteiger partial charge in [0, 0.05) is 39.2 Å². The van der Waals surface area contributed by atoms with E-state index in [1.165, 1.54) is 34.8 Å². The molecule has 0 radical (unpaired) electrons. The molecule has 1 saturated heterocycles. The Morgan fingerprint density at radius 1 is 1.14 bits per heavy atom. The predicted molar refractivity (Wildman–Crippen MR) is 102 cm³/mol. The molecule has 0 N–H and O–H groups in total. The van der Waals surface area contributed by atoms with Crippen LogP contribution in [0.25, 0.3) is 0 Å². The van der Waals surface area contributed by atoms with Crippen molar-refractivity contribution >= 4 is 23.2 Å². The quantitative estimate of drug-likeness (QED) is 0.817. The standard InChI is InChI=1S/C20H22FN5O2/c1-24-13-15(12-22-24)14-8-10-25(11-9-14)20(28)18-6-7-19(27)26(23-18)17-4-2-16(21)3-5-17/h2-5,12-14H,6-11H2,1H3. The van der Waals surface area contributed by atoms with E-state index in [1.54, 1.807) is 4.68 Å². The molecule has 0 saturated carbocycles. The highest BCUT2D eigenvalue weighted by Crippen LogP contribution is 2.28. The number of likely N-dealkylation sites (tertiary alicyclic amines) is 1. The maximum absolute atomic E-state index is 13.1. The summed E-state index contributed by atoms with van der Waals surface area (Å²) in [5.74, 6) is -0.295. The lowest BCUT2D eigenvalue weighted by molar-refractivity contribution is -0.125. The van der Waals surface area contributed by atoms with Gasteiger partial charge in [0.2, 0.25) is 5.91 Å². The van der Waals surface area contributed by atoms with Crippen molar-refractivity contribution in [3.63, 3.8) is 0 Å². The minimum absolute atomic E-state index is 0.121. The smallest absolute Gasteiger partial charge is 0.270 e. The number of anilines is 1. The second kappa shape index (κ2) is 7.53. The van der Waals surface area contributed by atoms with E-state index in [1.807, 2.05) is 24.3 Å². The number of amides is 2. The van der Waals surface area contributed by atoms with Crippen LogP contribution in [0.4, 0.5) is 10.1 Å². The Hall–Kier alpha value is -3.03. The number of hydrogen-bond acceptors (Lipinski definition) is 4. The maximum atomic E-state index is 13.1. The first kappa shape index (κ1) is 18.3. The Bertz CT molecular complexity index is 913. The summed E-state index contributed by atoms with van der Waals surface area (Å²) in [4.78, 5) is 26.9. The van der Waals surface area contributed by atoms with Crippen LogP contribution in [-0.2, 0) is 16.6 Å². The number of piperidine rings is 1. The van der Waals surface area contributed by atoms with Crippen LogP contribution in [0.2, 0.25) is 0 Å². The second-order valence-corrected chi connectivity index (χ2v) is 7.24. The second-order valence-electron chi connectivity index (χ2n) is 7.24. The third-order valence-corrected chi connectivity index (χ3v) is 5.33. The Labute approximate surface area is 162 Å². The van der Waals surface area contributed by atoms with E-state index in [9.17, 15) is 14.0 Å². The molecule has 1 aromatic heterocycles. The monoisotopic (exact) mass is 383 g/mol. The largest absolute Gasteiger partial charge is 0.338 e. The zero-order valence-corrected chi connectivity index (χ0v) is 15.7. The Morgan fingerprint density at radius 2 is 1.86 bits per heavy atom. The van der Waals surface area contributed by atoms with E-state index in [4.69, 9.17) is 0 Å². The number of hydrazone groups is 1. The van der Waals surface area contributed by atoms with Crippen LogP contribution >= 0.6 is 0 Å². The Balaban J connectivity index is 1.45. The van der Waals surface area contributed by atoms with E-state index < -0.39 is 0 Å². The molecule has 0 atom stereocenters. The summed E-state index contributed by atoms with van der Waals surface area (Å²) in [6.45, 7) is 1.31. The van der Waals surface area contributed by atoms with Crippen molar-refractivity contribution < 1.29 is 14.0 Å².